The predicted octanol–water partition coefficient (Wildman–Crippen LogP) is 2.94. The van der Waals surface area contributed by atoms with Gasteiger partial charge >= 0.3 is 0 Å². The molecule has 0 spiro atoms. The fourth-order valence-corrected chi connectivity index (χ4v) is 2.32. The average molecular weight is 258 g/mol. The van der Waals surface area contributed by atoms with E-state index in [4.69, 9.17) is 5.73 Å². The average Bonchev–Trinajstić information content (AvgIpc) is 2.41. The van der Waals surface area contributed by atoms with Gasteiger partial charge in [-0.1, -0.05) is 36.4 Å². The SMILES string of the molecule is CN(C)C(c1ccc(F)cc1)c1cccc(CN)c1. The summed E-state index contributed by atoms with van der Waals surface area (Å²) in [6.07, 6.45) is 0. The number of nitrogens with zero attached hydrogens (tertiary/aromatic N) is 1. The van der Waals surface area contributed by atoms with E-state index in [1.165, 1.54) is 17.7 Å². The Labute approximate surface area is 113 Å². The molecule has 19 heavy (non-hydrogen) atoms. The first kappa shape index (κ1) is 13.7. The van der Waals surface area contributed by atoms with Crippen LogP contribution in [0.4, 0.5) is 4.39 Å². The Morgan fingerprint density at radius 2 is 1.74 bits per heavy atom. The lowest BCUT2D eigenvalue weighted by Gasteiger charge is -2.25. The molecular weight excluding hydrogens is 239 g/mol. The van der Waals surface area contributed by atoms with E-state index in [-0.39, 0.29) is 11.9 Å². The Balaban J connectivity index is 2.42. The Kier molecular flexibility index (Phi) is 4.30. The molecule has 1 atom stereocenters. The van der Waals surface area contributed by atoms with Gasteiger partial charge in [-0.3, -0.25) is 4.90 Å². The van der Waals surface area contributed by atoms with Crippen molar-refractivity contribution in [3.05, 3.63) is 71.0 Å². The van der Waals surface area contributed by atoms with Crippen molar-refractivity contribution < 1.29 is 4.39 Å². The lowest BCUT2D eigenvalue weighted by atomic mass is 9.96. The third-order valence-electron chi connectivity index (χ3n) is 3.20. The third-order valence-corrected chi connectivity index (χ3v) is 3.20. The number of hydrogen-bond donors (Lipinski definition) is 1. The molecular formula is C16H19FN2. The van der Waals surface area contributed by atoms with Crippen molar-refractivity contribution in [2.45, 2.75) is 12.6 Å². The zero-order chi connectivity index (χ0) is 13.8. The van der Waals surface area contributed by atoms with Gasteiger partial charge in [0, 0.05) is 6.54 Å². The van der Waals surface area contributed by atoms with Gasteiger partial charge < -0.3 is 5.73 Å². The third kappa shape index (κ3) is 3.19. The quantitative estimate of drug-likeness (QED) is 0.913. The largest absolute Gasteiger partial charge is 0.326 e. The van der Waals surface area contributed by atoms with Crippen LogP contribution in [-0.2, 0) is 6.54 Å². The van der Waals surface area contributed by atoms with Gasteiger partial charge in [0.25, 0.3) is 0 Å². The van der Waals surface area contributed by atoms with Crippen molar-refractivity contribution in [2.75, 3.05) is 14.1 Å². The summed E-state index contributed by atoms with van der Waals surface area (Å²) in [6.45, 7) is 0.525. The van der Waals surface area contributed by atoms with Gasteiger partial charge in [-0.2, -0.15) is 0 Å². The molecule has 100 valence electrons. The minimum atomic E-state index is -0.211. The molecule has 0 heterocycles. The first-order valence-corrected chi connectivity index (χ1v) is 6.32. The van der Waals surface area contributed by atoms with Gasteiger partial charge in [0.2, 0.25) is 0 Å². The normalized spacial score (nSPS) is 12.7. The van der Waals surface area contributed by atoms with Gasteiger partial charge in [0.15, 0.2) is 0 Å². The molecule has 0 aromatic heterocycles. The van der Waals surface area contributed by atoms with Gasteiger partial charge in [0.1, 0.15) is 5.82 Å². The monoisotopic (exact) mass is 258 g/mol. The van der Waals surface area contributed by atoms with Crippen LogP contribution in [0.3, 0.4) is 0 Å². The lowest BCUT2D eigenvalue weighted by Crippen LogP contribution is -2.21. The Hall–Kier alpha value is -1.71. The Bertz CT molecular complexity index is 535. The summed E-state index contributed by atoms with van der Waals surface area (Å²) in [5, 5.41) is 0. The smallest absolute Gasteiger partial charge is 0.123 e. The highest BCUT2D eigenvalue weighted by Gasteiger charge is 2.16. The fourth-order valence-electron chi connectivity index (χ4n) is 2.32. The minimum absolute atomic E-state index is 0.104. The standard InChI is InChI=1S/C16H19FN2/c1-19(2)16(13-6-8-15(17)9-7-13)14-5-3-4-12(10-14)11-18/h3-10,16H,11,18H2,1-2H3. The van der Waals surface area contributed by atoms with E-state index in [9.17, 15) is 4.39 Å². The Morgan fingerprint density at radius 1 is 1.05 bits per heavy atom. The van der Waals surface area contributed by atoms with Gasteiger partial charge in [-0.15, -0.1) is 0 Å². The molecule has 0 aliphatic rings. The van der Waals surface area contributed by atoms with Crippen LogP contribution in [0, 0.1) is 5.82 Å². The van der Waals surface area contributed by atoms with E-state index >= 15 is 0 Å². The van der Waals surface area contributed by atoms with Crippen LogP contribution in [0.15, 0.2) is 48.5 Å². The number of hydrogen-bond acceptors (Lipinski definition) is 2. The summed E-state index contributed by atoms with van der Waals surface area (Å²) >= 11 is 0. The van der Waals surface area contributed by atoms with Crippen LogP contribution in [0.1, 0.15) is 22.7 Å². The summed E-state index contributed by atoms with van der Waals surface area (Å²) < 4.78 is 13.0. The van der Waals surface area contributed by atoms with E-state index in [1.807, 2.05) is 38.4 Å². The van der Waals surface area contributed by atoms with Gasteiger partial charge in [-0.25, -0.2) is 4.39 Å². The zero-order valence-electron chi connectivity index (χ0n) is 11.3. The molecule has 3 heteroatoms. The minimum Gasteiger partial charge on any atom is -0.326 e. The van der Waals surface area contributed by atoms with Gasteiger partial charge in [-0.05, 0) is 42.9 Å². The van der Waals surface area contributed by atoms with Crippen LogP contribution < -0.4 is 5.73 Å². The fraction of sp³-hybridized carbons (Fsp3) is 0.250. The van der Waals surface area contributed by atoms with Crippen molar-refractivity contribution in [3.63, 3.8) is 0 Å². The van der Waals surface area contributed by atoms with Crippen molar-refractivity contribution in [2.24, 2.45) is 5.73 Å². The number of halogens is 1. The first-order chi connectivity index (χ1) is 9.11. The first-order valence-electron chi connectivity index (χ1n) is 6.32. The molecule has 2 aromatic carbocycles. The lowest BCUT2D eigenvalue weighted by molar-refractivity contribution is 0.342. The van der Waals surface area contributed by atoms with E-state index in [0.717, 1.165) is 11.1 Å². The molecule has 1 unspecified atom stereocenters. The molecule has 0 radical (unpaired) electrons. The van der Waals surface area contributed by atoms with E-state index < -0.39 is 0 Å². The number of rotatable bonds is 4. The summed E-state index contributed by atoms with van der Waals surface area (Å²) in [5.41, 5.74) is 9.03. The van der Waals surface area contributed by atoms with Crippen molar-refractivity contribution in [1.29, 1.82) is 0 Å². The highest BCUT2D eigenvalue weighted by Crippen LogP contribution is 2.27. The van der Waals surface area contributed by atoms with Crippen molar-refractivity contribution in [1.82, 2.24) is 4.90 Å². The number of benzene rings is 2. The van der Waals surface area contributed by atoms with Crippen molar-refractivity contribution in [3.8, 4) is 0 Å². The highest BCUT2D eigenvalue weighted by molar-refractivity contribution is 5.34. The Morgan fingerprint density at radius 3 is 2.32 bits per heavy atom. The topological polar surface area (TPSA) is 29.3 Å². The molecule has 0 saturated carbocycles. The van der Waals surface area contributed by atoms with Gasteiger partial charge in [0.05, 0.1) is 6.04 Å². The molecule has 2 N–H and O–H groups in total. The molecule has 0 fully saturated rings. The van der Waals surface area contributed by atoms with Crippen LogP contribution in [0.2, 0.25) is 0 Å². The second-order valence-electron chi connectivity index (χ2n) is 4.87. The molecule has 0 saturated heterocycles. The summed E-state index contributed by atoms with van der Waals surface area (Å²) in [7, 11) is 4.03. The van der Waals surface area contributed by atoms with E-state index in [1.54, 1.807) is 0 Å². The second kappa shape index (κ2) is 5.95. The maximum atomic E-state index is 13.0. The molecule has 0 amide bonds. The molecule has 2 aromatic rings. The summed E-state index contributed by atoms with van der Waals surface area (Å²) in [5.74, 6) is -0.211. The van der Waals surface area contributed by atoms with Crippen LogP contribution in [0.25, 0.3) is 0 Å². The molecule has 0 bridgehead atoms. The zero-order valence-corrected chi connectivity index (χ0v) is 11.3. The van der Waals surface area contributed by atoms with E-state index in [0.29, 0.717) is 6.54 Å². The summed E-state index contributed by atoms with van der Waals surface area (Å²) in [6, 6.07) is 15.0. The maximum absolute atomic E-state index is 13.0. The van der Waals surface area contributed by atoms with Crippen molar-refractivity contribution >= 4 is 0 Å². The molecule has 2 rings (SSSR count). The van der Waals surface area contributed by atoms with Crippen LogP contribution in [-0.4, -0.2) is 19.0 Å². The molecule has 0 aliphatic carbocycles. The molecule has 2 nitrogen and oxygen atoms in total. The molecule has 0 aliphatic heterocycles. The summed E-state index contributed by atoms with van der Waals surface area (Å²) in [4.78, 5) is 2.11. The van der Waals surface area contributed by atoms with Crippen LogP contribution >= 0.6 is 0 Å². The van der Waals surface area contributed by atoms with Crippen LogP contribution in [0.5, 0.6) is 0 Å². The maximum Gasteiger partial charge on any atom is 0.123 e. The van der Waals surface area contributed by atoms with E-state index in [2.05, 4.69) is 17.0 Å². The highest BCUT2D eigenvalue weighted by atomic mass is 19.1. The predicted molar refractivity (Wildman–Crippen MR) is 76.3 cm³/mol. The number of nitrogens with two attached hydrogens (primary N) is 1. The second-order valence-corrected chi connectivity index (χ2v) is 4.87.